The fraction of sp³-hybridized carbons (Fsp3) is 0.211. The van der Waals surface area contributed by atoms with Gasteiger partial charge in [0, 0.05) is 12.7 Å². The molecule has 0 bridgehead atoms. The van der Waals surface area contributed by atoms with E-state index in [1.165, 1.54) is 4.68 Å². The number of nitrogens with one attached hydrogen (secondary N) is 1. The molecule has 3 aromatic rings. The Morgan fingerprint density at radius 1 is 1.26 bits per heavy atom. The van der Waals surface area contributed by atoms with Gasteiger partial charge in [-0.05, 0) is 37.6 Å². The lowest BCUT2D eigenvalue weighted by Crippen LogP contribution is -2.17. The van der Waals surface area contributed by atoms with Crippen molar-refractivity contribution in [2.75, 3.05) is 5.32 Å². The summed E-state index contributed by atoms with van der Waals surface area (Å²) in [5.41, 5.74) is 6.55. The minimum absolute atomic E-state index is 0.000124. The molecule has 0 fully saturated rings. The van der Waals surface area contributed by atoms with Crippen molar-refractivity contribution in [1.82, 2.24) is 9.78 Å². The van der Waals surface area contributed by atoms with Gasteiger partial charge in [0.05, 0.1) is 5.69 Å². The first-order valence-corrected chi connectivity index (χ1v) is 8.43. The molecule has 140 valence electrons. The standard InChI is InChI=1S/C19H20N4O4/c1-3-23-10-14(17(22-23)18(20)24)21-19(25)16-9-8-13(27-16)11-26-15-7-5-4-6-12(15)2/h4-10H,3,11H2,1-2H3,(H2,20,24)(H,21,25). The lowest BCUT2D eigenvalue weighted by molar-refractivity contribution is 0.0992. The van der Waals surface area contributed by atoms with Crippen LogP contribution in [0.15, 0.2) is 47.0 Å². The number of nitrogens with zero attached hydrogens (tertiary/aromatic N) is 2. The second-order valence-corrected chi connectivity index (χ2v) is 5.89. The van der Waals surface area contributed by atoms with Crippen LogP contribution in [0.5, 0.6) is 5.75 Å². The molecule has 2 aromatic heterocycles. The van der Waals surface area contributed by atoms with Crippen LogP contribution in [-0.2, 0) is 13.2 Å². The molecule has 0 atom stereocenters. The lowest BCUT2D eigenvalue weighted by atomic mass is 10.2. The van der Waals surface area contributed by atoms with Gasteiger partial charge in [-0.15, -0.1) is 0 Å². The Morgan fingerprint density at radius 2 is 2.04 bits per heavy atom. The Morgan fingerprint density at radius 3 is 2.74 bits per heavy atom. The van der Waals surface area contributed by atoms with E-state index in [1.54, 1.807) is 18.3 Å². The number of nitrogens with two attached hydrogens (primary N) is 1. The van der Waals surface area contributed by atoms with Gasteiger partial charge in [0.2, 0.25) is 0 Å². The molecule has 1 aromatic carbocycles. The van der Waals surface area contributed by atoms with Crippen molar-refractivity contribution in [2.24, 2.45) is 5.73 Å². The smallest absolute Gasteiger partial charge is 0.291 e. The van der Waals surface area contributed by atoms with Crippen LogP contribution in [0, 0.1) is 6.92 Å². The van der Waals surface area contributed by atoms with Gasteiger partial charge in [0.15, 0.2) is 11.5 Å². The Balaban J connectivity index is 1.68. The van der Waals surface area contributed by atoms with Crippen LogP contribution in [0.4, 0.5) is 5.69 Å². The van der Waals surface area contributed by atoms with E-state index in [-0.39, 0.29) is 23.7 Å². The summed E-state index contributed by atoms with van der Waals surface area (Å²) in [6.07, 6.45) is 1.54. The molecular weight excluding hydrogens is 348 g/mol. The van der Waals surface area contributed by atoms with Crippen molar-refractivity contribution >= 4 is 17.5 Å². The highest BCUT2D eigenvalue weighted by Crippen LogP contribution is 2.20. The van der Waals surface area contributed by atoms with Crippen molar-refractivity contribution < 1.29 is 18.7 Å². The molecule has 0 aliphatic rings. The minimum atomic E-state index is -0.718. The molecule has 0 saturated heterocycles. The summed E-state index contributed by atoms with van der Waals surface area (Å²) in [6, 6.07) is 10.8. The first kappa shape index (κ1) is 18.2. The predicted octanol–water partition coefficient (Wildman–Crippen LogP) is 2.73. The Kier molecular flexibility index (Phi) is 5.25. The Bertz CT molecular complexity index is 974. The minimum Gasteiger partial charge on any atom is -0.485 e. The van der Waals surface area contributed by atoms with Gasteiger partial charge in [-0.2, -0.15) is 5.10 Å². The molecule has 3 N–H and O–H groups in total. The zero-order valence-corrected chi connectivity index (χ0v) is 15.1. The second-order valence-electron chi connectivity index (χ2n) is 5.89. The number of hydrogen-bond donors (Lipinski definition) is 2. The van der Waals surface area contributed by atoms with Crippen molar-refractivity contribution in [3.05, 3.63) is 65.4 Å². The molecule has 0 radical (unpaired) electrons. The van der Waals surface area contributed by atoms with Gasteiger partial charge >= 0.3 is 0 Å². The number of amides is 2. The number of hydrogen-bond acceptors (Lipinski definition) is 5. The summed E-state index contributed by atoms with van der Waals surface area (Å²) in [5, 5.41) is 6.63. The SMILES string of the molecule is CCn1cc(NC(=O)c2ccc(COc3ccccc3C)o2)c(C(N)=O)n1. The summed E-state index contributed by atoms with van der Waals surface area (Å²) in [4.78, 5) is 23.9. The molecule has 0 spiro atoms. The number of carbonyl (C=O) groups excluding carboxylic acids is 2. The number of ether oxygens (including phenoxy) is 1. The molecule has 2 amide bonds. The van der Waals surface area contributed by atoms with Crippen molar-refractivity contribution in [3.8, 4) is 5.75 Å². The van der Waals surface area contributed by atoms with E-state index in [9.17, 15) is 9.59 Å². The summed E-state index contributed by atoms with van der Waals surface area (Å²) in [7, 11) is 0. The van der Waals surface area contributed by atoms with Crippen LogP contribution >= 0.6 is 0 Å². The van der Waals surface area contributed by atoms with Crippen molar-refractivity contribution in [1.29, 1.82) is 0 Å². The summed E-state index contributed by atoms with van der Waals surface area (Å²) >= 11 is 0. The van der Waals surface area contributed by atoms with Crippen LogP contribution in [0.1, 0.15) is 39.3 Å². The van der Waals surface area contributed by atoms with Gasteiger partial charge in [-0.3, -0.25) is 14.3 Å². The fourth-order valence-electron chi connectivity index (χ4n) is 2.49. The van der Waals surface area contributed by atoms with E-state index < -0.39 is 11.8 Å². The molecule has 0 aliphatic heterocycles. The zero-order chi connectivity index (χ0) is 19.4. The molecule has 0 aliphatic carbocycles. The van der Waals surface area contributed by atoms with E-state index in [0.29, 0.717) is 12.3 Å². The number of benzene rings is 1. The highest BCUT2D eigenvalue weighted by molar-refractivity contribution is 6.06. The number of primary amides is 1. The van der Waals surface area contributed by atoms with Crippen LogP contribution in [-0.4, -0.2) is 21.6 Å². The number of aromatic nitrogens is 2. The second kappa shape index (κ2) is 7.77. The number of furan rings is 1. The van der Waals surface area contributed by atoms with Gasteiger partial charge < -0.3 is 20.2 Å². The largest absolute Gasteiger partial charge is 0.485 e. The fourth-order valence-corrected chi connectivity index (χ4v) is 2.49. The third kappa shape index (κ3) is 4.17. The topological polar surface area (TPSA) is 112 Å². The van der Waals surface area contributed by atoms with Crippen LogP contribution in [0.2, 0.25) is 0 Å². The lowest BCUT2D eigenvalue weighted by Gasteiger charge is -2.06. The molecule has 0 saturated carbocycles. The van der Waals surface area contributed by atoms with E-state index in [2.05, 4.69) is 10.4 Å². The Labute approximate surface area is 155 Å². The van der Waals surface area contributed by atoms with E-state index >= 15 is 0 Å². The van der Waals surface area contributed by atoms with E-state index in [4.69, 9.17) is 14.9 Å². The molecular formula is C19H20N4O4. The quantitative estimate of drug-likeness (QED) is 0.666. The highest BCUT2D eigenvalue weighted by atomic mass is 16.5. The predicted molar refractivity (Wildman–Crippen MR) is 98.6 cm³/mol. The van der Waals surface area contributed by atoms with E-state index in [0.717, 1.165) is 11.3 Å². The summed E-state index contributed by atoms with van der Waals surface area (Å²) in [5.74, 6) is 0.123. The number of para-hydroxylation sites is 1. The zero-order valence-electron chi connectivity index (χ0n) is 15.1. The van der Waals surface area contributed by atoms with E-state index in [1.807, 2.05) is 38.1 Å². The number of rotatable bonds is 7. The van der Waals surface area contributed by atoms with Crippen LogP contribution < -0.4 is 15.8 Å². The van der Waals surface area contributed by atoms with Crippen LogP contribution in [0.3, 0.4) is 0 Å². The first-order chi connectivity index (χ1) is 13.0. The Hall–Kier alpha value is -3.55. The average molecular weight is 368 g/mol. The maximum atomic E-state index is 12.4. The number of anilines is 1. The summed E-state index contributed by atoms with van der Waals surface area (Å²) < 4.78 is 12.7. The number of aryl methyl sites for hydroxylation is 2. The molecule has 2 heterocycles. The van der Waals surface area contributed by atoms with Crippen LogP contribution in [0.25, 0.3) is 0 Å². The van der Waals surface area contributed by atoms with Gasteiger partial charge in [0.25, 0.3) is 11.8 Å². The van der Waals surface area contributed by atoms with Crippen molar-refractivity contribution in [2.45, 2.75) is 27.0 Å². The molecule has 8 heteroatoms. The normalized spacial score (nSPS) is 10.6. The average Bonchev–Trinajstić information content (AvgIpc) is 3.28. The summed E-state index contributed by atoms with van der Waals surface area (Å²) in [6.45, 7) is 4.54. The maximum Gasteiger partial charge on any atom is 0.291 e. The molecule has 27 heavy (non-hydrogen) atoms. The van der Waals surface area contributed by atoms with Gasteiger partial charge in [0.1, 0.15) is 18.1 Å². The monoisotopic (exact) mass is 368 g/mol. The molecule has 3 rings (SSSR count). The molecule has 8 nitrogen and oxygen atoms in total. The highest BCUT2D eigenvalue weighted by Gasteiger charge is 2.19. The van der Waals surface area contributed by atoms with Gasteiger partial charge in [-0.1, -0.05) is 18.2 Å². The third-order valence-electron chi connectivity index (χ3n) is 3.92. The molecule has 0 unspecified atom stereocenters. The number of carbonyl (C=O) groups is 2. The van der Waals surface area contributed by atoms with Gasteiger partial charge in [-0.25, -0.2) is 0 Å². The first-order valence-electron chi connectivity index (χ1n) is 8.43. The maximum absolute atomic E-state index is 12.4. The van der Waals surface area contributed by atoms with Crippen molar-refractivity contribution in [3.63, 3.8) is 0 Å². The third-order valence-corrected chi connectivity index (χ3v) is 3.92.